The van der Waals surface area contributed by atoms with Gasteiger partial charge in [0.1, 0.15) is 0 Å². The van der Waals surface area contributed by atoms with Crippen molar-refractivity contribution in [3.63, 3.8) is 0 Å². The van der Waals surface area contributed by atoms with Crippen LogP contribution in [0.1, 0.15) is 26.7 Å². The molecule has 0 bridgehead atoms. The highest BCUT2D eigenvalue weighted by Gasteiger charge is 2.24. The highest BCUT2D eigenvalue weighted by Crippen LogP contribution is 2.28. The Morgan fingerprint density at radius 2 is 2.00 bits per heavy atom. The highest BCUT2D eigenvalue weighted by molar-refractivity contribution is 5.87. The first-order valence-corrected chi connectivity index (χ1v) is 4.20. The summed E-state index contributed by atoms with van der Waals surface area (Å²) < 4.78 is 0. The molecule has 2 atom stereocenters. The summed E-state index contributed by atoms with van der Waals surface area (Å²) >= 11 is 0. The lowest BCUT2D eigenvalue weighted by atomic mass is 10.0. The fourth-order valence-electron chi connectivity index (χ4n) is 1.45. The number of hydrazone groups is 1. The van der Waals surface area contributed by atoms with Gasteiger partial charge in [-0.1, -0.05) is 13.8 Å². The van der Waals surface area contributed by atoms with E-state index in [2.05, 4.69) is 24.4 Å². The normalized spacial score (nSPS) is 28.7. The van der Waals surface area contributed by atoms with Crippen LogP contribution in [0.15, 0.2) is 5.10 Å². The van der Waals surface area contributed by atoms with Gasteiger partial charge < -0.3 is 5.73 Å². The van der Waals surface area contributed by atoms with E-state index in [1.807, 2.05) is 0 Å². The van der Waals surface area contributed by atoms with Gasteiger partial charge in [0, 0.05) is 5.71 Å². The van der Waals surface area contributed by atoms with E-state index in [-0.39, 0.29) is 0 Å². The van der Waals surface area contributed by atoms with Crippen molar-refractivity contribution in [3.8, 4) is 0 Å². The first-order valence-electron chi connectivity index (χ1n) is 4.20. The zero-order valence-electron chi connectivity index (χ0n) is 7.50. The van der Waals surface area contributed by atoms with Crippen molar-refractivity contribution in [2.24, 2.45) is 22.7 Å². The van der Waals surface area contributed by atoms with E-state index in [0.717, 1.165) is 18.6 Å². The topological polar surface area (TPSA) is 67.5 Å². The maximum absolute atomic E-state index is 10.3. The second-order valence-corrected chi connectivity index (χ2v) is 3.52. The van der Waals surface area contributed by atoms with Crippen LogP contribution in [0, 0.1) is 11.8 Å². The lowest BCUT2D eigenvalue weighted by Crippen LogP contribution is -2.25. The average molecular weight is 169 g/mol. The summed E-state index contributed by atoms with van der Waals surface area (Å²) in [5, 5.41) is 3.92. The molecule has 12 heavy (non-hydrogen) atoms. The lowest BCUT2D eigenvalue weighted by molar-refractivity contribution is 0.249. The Balaban J connectivity index is 2.45. The number of nitrogens with two attached hydrogens (primary N) is 1. The summed E-state index contributed by atoms with van der Waals surface area (Å²) in [5.41, 5.74) is 8.19. The minimum atomic E-state index is -0.588. The zero-order chi connectivity index (χ0) is 9.14. The molecule has 1 saturated carbocycles. The van der Waals surface area contributed by atoms with Crippen molar-refractivity contribution in [3.05, 3.63) is 0 Å². The highest BCUT2D eigenvalue weighted by atomic mass is 16.2. The number of hydrogen-bond acceptors (Lipinski definition) is 2. The van der Waals surface area contributed by atoms with Gasteiger partial charge in [0.15, 0.2) is 0 Å². The first-order chi connectivity index (χ1) is 5.59. The Labute approximate surface area is 72.2 Å². The average Bonchev–Trinajstić information content (AvgIpc) is 2.28. The minimum Gasteiger partial charge on any atom is -0.350 e. The molecule has 0 aliphatic heterocycles. The molecule has 68 valence electrons. The Kier molecular flexibility index (Phi) is 2.68. The van der Waals surface area contributed by atoms with Gasteiger partial charge in [0.05, 0.1) is 0 Å². The summed E-state index contributed by atoms with van der Waals surface area (Å²) in [6.07, 6.45) is 1.95. The molecule has 1 aliphatic rings. The van der Waals surface area contributed by atoms with Gasteiger partial charge in [-0.2, -0.15) is 5.10 Å². The maximum Gasteiger partial charge on any atom is 0.332 e. The molecular weight excluding hydrogens is 154 g/mol. The number of carbonyl (C=O) groups is 1. The van der Waals surface area contributed by atoms with Crippen LogP contribution in [0.5, 0.6) is 0 Å². The molecule has 3 N–H and O–H groups in total. The van der Waals surface area contributed by atoms with E-state index >= 15 is 0 Å². The van der Waals surface area contributed by atoms with Crippen LogP contribution < -0.4 is 11.2 Å². The molecule has 0 aromatic rings. The lowest BCUT2D eigenvalue weighted by Gasteiger charge is -2.04. The number of nitrogens with zero attached hydrogens (tertiary/aromatic N) is 1. The van der Waals surface area contributed by atoms with Crippen LogP contribution in [0.2, 0.25) is 0 Å². The van der Waals surface area contributed by atoms with Gasteiger partial charge in [-0.15, -0.1) is 0 Å². The van der Waals surface area contributed by atoms with Gasteiger partial charge >= 0.3 is 6.03 Å². The third-order valence-electron chi connectivity index (χ3n) is 2.41. The molecule has 2 amide bonds. The SMILES string of the molecule is CC1CC(=NNC(N)=O)CC1C. The molecule has 1 aliphatic carbocycles. The third-order valence-corrected chi connectivity index (χ3v) is 2.41. The number of carbonyl (C=O) groups excluding carboxylic acids is 1. The number of amides is 2. The molecule has 1 fully saturated rings. The number of rotatable bonds is 1. The second kappa shape index (κ2) is 3.56. The predicted molar refractivity (Wildman–Crippen MR) is 47.7 cm³/mol. The van der Waals surface area contributed by atoms with E-state index < -0.39 is 6.03 Å². The van der Waals surface area contributed by atoms with Gasteiger partial charge in [0.25, 0.3) is 0 Å². The van der Waals surface area contributed by atoms with Gasteiger partial charge in [-0.05, 0) is 24.7 Å². The summed E-state index contributed by atoms with van der Waals surface area (Å²) in [6.45, 7) is 4.38. The number of hydrogen-bond donors (Lipinski definition) is 2. The fraction of sp³-hybridized carbons (Fsp3) is 0.750. The Hall–Kier alpha value is -1.06. The smallest absolute Gasteiger partial charge is 0.332 e. The standard InChI is InChI=1S/C8H15N3O/c1-5-3-7(4-6(5)2)10-11-8(9)12/h5-6H,3-4H2,1-2H3,(H3,9,11,12). The molecule has 0 saturated heterocycles. The summed E-state index contributed by atoms with van der Waals surface area (Å²) in [4.78, 5) is 10.3. The van der Waals surface area contributed by atoms with Crippen LogP contribution >= 0.6 is 0 Å². The number of urea groups is 1. The molecule has 0 heterocycles. The Morgan fingerprint density at radius 3 is 2.42 bits per heavy atom. The van der Waals surface area contributed by atoms with Crippen LogP contribution in [-0.4, -0.2) is 11.7 Å². The monoisotopic (exact) mass is 169 g/mol. The largest absolute Gasteiger partial charge is 0.350 e. The summed E-state index contributed by atoms with van der Waals surface area (Å²) in [6, 6.07) is -0.588. The van der Waals surface area contributed by atoms with Crippen molar-refractivity contribution >= 4 is 11.7 Å². The van der Waals surface area contributed by atoms with E-state index in [0.29, 0.717) is 11.8 Å². The first kappa shape index (κ1) is 9.03. The van der Waals surface area contributed by atoms with Crippen LogP contribution in [-0.2, 0) is 0 Å². The third kappa shape index (κ3) is 2.22. The van der Waals surface area contributed by atoms with Crippen molar-refractivity contribution in [1.82, 2.24) is 5.43 Å². The molecule has 4 nitrogen and oxygen atoms in total. The summed E-state index contributed by atoms with van der Waals surface area (Å²) in [5.74, 6) is 1.33. The van der Waals surface area contributed by atoms with Crippen LogP contribution in [0.25, 0.3) is 0 Å². The molecule has 0 aromatic carbocycles. The van der Waals surface area contributed by atoms with E-state index in [1.54, 1.807) is 0 Å². The molecule has 0 spiro atoms. The number of nitrogens with one attached hydrogen (secondary N) is 1. The Morgan fingerprint density at radius 1 is 1.50 bits per heavy atom. The minimum absolute atomic E-state index is 0.588. The Bertz CT molecular complexity index is 200. The van der Waals surface area contributed by atoms with E-state index in [1.165, 1.54) is 0 Å². The molecule has 1 rings (SSSR count). The van der Waals surface area contributed by atoms with Gasteiger partial charge in [0.2, 0.25) is 0 Å². The van der Waals surface area contributed by atoms with Crippen LogP contribution in [0.3, 0.4) is 0 Å². The quantitative estimate of drug-likeness (QED) is 0.566. The molecular formula is C8H15N3O. The van der Waals surface area contributed by atoms with Crippen molar-refractivity contribution in [1.29, 1.82) is 0 Å². The zero-order valence-corrected chi connectivity index (χ0v) is 7.50. The van der Waals surface area contributed by atoms with Gasteiger partial charge in [-0.3, -0.25) is 0 Å². The summed E-state index contributed by atoms with van der Waals surface area (Å²) in [7, 11) is 0. The fourth-order valence-corrected chi connectivity index (χ4v) is 1.45. The van der Waals surface area contributed by atoms with Crippen molar-refractivity contribution < 1.29 is 4.79 Å². The number of primary amides is 1. The van der Waals surface area contributed by atoms with Crippen LogP contribution in [0.4, 0.5) is 4.79 Å². The van der Waals surface area contributed by atoms with Crippen molar-refractivity contribution in [2.75, 3.05) is 0 Å². The maximum atomic E-state index is 10.3. The van der Waals surface area contributed by atoms with E-state index in [9.17, 15) is 4.79 Å². The van der Waals surface area contributed by atoms with Gasteiger partial charge in [-0.25, -0.2) is 10.2 Å². The molecule has 0 aromatic heterocycles. The predicted octanol–water partition coefficient (Wildman–Crippen LogP) is 1.08. The molecule has 0 radical (unpaired) electrons. The second-order valence-electron chi connectivity index (χ2n) is 3.52. The molecule has 4 heteroatoms. The van der Waals surface area contributed by atoms with E-state index in [4.69, 9.17) is 5.73 Å². The molecule has 2 unspecified atom stereocenters. The van der Waals surface area contributed by atoms with Crippen molar-refractivity contribution in [2.45, 2.75) is 26.7 Å².